The van der Waals surface area contributed by atoms with E-state index in [0.29, 0.717) is 17.5 Å². The molecule has 0 spiro atoms. The Kier molecular flexibility index (Phi) is 5.27. The maximum absolute atomic E-state index is 11.9. The third kappa shape index (κ3) is 4.24. The molecule has 0 bridgehead atoms. The Morgan fingerprint density at radius 1 is 1.58 bits per heavy atom. The van der Waals surface area contributed by atoms with Gasteiger partial charge in [0, 0.05) is 37.8 Å². The first-order chi connectivity index (χ1) is 9.16. The van der Waals surface area contributed by atoms with Crippen molar-refractivity contribution in [3.63, 3.8) is 0 Å². The lowest BCUT2D eigenvalue weighted by molar-refractivity contribution is 0.0946. The van der Waals surface area contributed by atoms with Gasteiger partial charge < -0.3 is 10.1 Å². The molecule has 0 aliphatic carbocycles. The van der Waals surface area contributed by atoms with Crippen LogP contribution in [0.2, 0.25) is 0 Å². The molecule has 1 fully saturated rings. The number of amides is 1. The van der Waals surface area contributed by atoms with E-state index in [1.165, 1.54) is 0 Å². The van der Waals surface area contributed by atoms with Gasteiger partial charge in [-0.3, -0.25) is 9.48 Å². The average Bonchev–Trinajstić information content (AvgIpc) is 2.75. The van der Waals surface area contributed by atoms with Crippen LogP contribution >= 0.6 is 11.8 Å². The molecule has 1 N–H and O–H groups in total. The van der Waals surface area contributed by atoms with E-state index >= 15 is 0 Å². The molecule has 106 valence electrons. The number of nitrogens with zero attached hydrogens (tertiary/aromatic N) is 2. The van der Waals surface area contributed by atoms with Gasteiger partial charge in [-0.15, -0.1) is 0 Å². The molecule has 0 saturated carbocycles. The Morgan fingerprint density at radius 2 is 2.32 bits per heavy atom. The van der Waals surface area contributed by atoms with Crippen molar-refractivity contribution in [2.75, 3.05) is 25.5 Å². The van der Waals surface area contributed by atoms with Crippen LogP contribution in [0.1, 0.15) is 29.0 Å². The molecule has 0 aromatic carbocycles. The van der Waals surface area contributed by atoms with Gasteiger partial charge in [-0.25, -0.2) is 0 Å². The van der Waals surface area contributed by atoms with E-state index in [2.05, 4.69) is 10.4 Å². The summed E-state index contributed by atoms with van der Waals surface area (Å²) in [4.78, 5) is 11.9. The Morgan fingerprint density at radius 3 is 2.95 bits per heavy atom. The summed E-state index contributed by atoms with van der Waals surface area (Å²) >= 11 is 1.93. The molecule has 1 aromatic rings. The maximum Gasteiger partial charge on any atom is 0.269 e. The summed E-state index contributed by atoms with van der Waals surface area (Å²) in [5, 5.41) is 7.80. The van der Waals surface area contributed by atoms with E-state index in [4.69, 9.17) is 4.74 Å². The molecule has 19 heavy (non-hydrogen) atoms. The van der Waals surface area contributed by atoms with Crippen LogP contribution < -0.4 is 5.32 Å². The van der Waals surface area contributed by atoms with Crippen molar-refractivity contribution in [2.24, 2.45) is 7.05 Å². The number of carbonyl (C=O) groups is 1. The van der Waals surface area contributed by atoms with Gasteiger partial charge in [0.25, 0.3) is 5.91 Å². The molecule has 0 unspecified atom stereocenters. The lowest BCUT2D eigenvalue weighted by Gasteiger charge is -2.21. The highest BCUT2D eigenvalue weighted by Crippen LogP contribution is 2.21. The normalized spacial score (nSPS) is 16.5. The predicted molar refractivity (Wildman–Crippen MR) is 76.6 cm³/mol. The summed E-state index contributed by atoms with van der Waals surface area (Å²) in [5.41, 5.74) is 1.48. The van der Waals surface area contributed by atoms with Crippen LogP contribution in [-0.4, -0.2) is 46.4 Å². The lowest BCUT2D eigenvalue weighted by Crippen LogP contribution is -2.28. The lowest BCUT2D eigenvalue weighted by atomic mass is 10.2. The van der Waals surface area contributed by atoms with Gasteiger partial charge in [0.15, 0.2) is 0 Å². The number of hydrogen-bond donors (Lipinski definition) is 1. The van der Waals surface area contributed by atoms with Crippen molar-refractivity contribution in [1.82, 2.24) is 15.1 Å². The second-order valence-electron chi connectivity index (χ2n) is 4.73. The third-order valence-corrected chi connectivity index (χ3v) is 4.53. The molecular formula is C13H21N3O2S. The van der Waals surface area contributed by atoms with Crippen LogP contribution in [0.4, 0.5) is 0 Å². The fourth-order valence-electron chi connectivity index (χ4n) is 2.15. The summed E-state index contributed by atoms with van der Waals surface area (Å²) in [5.74, 6) is 0.906. The van der Waals surface area contributed by atoms with Gasteiger partial charge in [-0.1, -0.05) is 0 Å². The number of nitrogens with one attached hydrogen (secondary N) is 1. The largest absolute Gasteiger partial charge is 0.381 e. The van der Waals surface area contributed by atoms with Gasteiger partial charge in [0.05, 0.1) is 5.69 Å². The van der Waals surface area contributed by atoms with Crippen LogP contribution in [0.15, 0.2) is 6.07 Å². The van der Waals surface area contributed by atoms with Crippen LogP contribution in [-0.2, 0) is 11.8 Å². The van der Waals surface area contributed by atoms with E-state index in [1.54, 1.807) is 17.8 Å². The summed E-state index contributed by atoms with van der Waals surface area (Å²) in [6.45, 7) is 4.33. The fraction of sp³-hybridized carbons (Fsp3) is 0.692. The number of hydrogen-bond acceptors (Lipinski definition) is 4. The molecule has 1 amide bonds. The first-order valence-corrected chi connectivity index (χ1v) is 7.70. The van der Waals surface area contributed by atoms with E-state index in [-0.39, 0.29) is 5.91 Å². The Balaban J connectivity index is 1.67. The summed E-state index contributed by atoms with van der Waals surface area (Å²) in [6.07, 6.45) is 2.25. The number of carbonyl (C=O) groups excluding carboxylic acids is 1. The van der Waals surface area contributed by atoms with Crippen molar-refractivity contribution >= 4 is 17.7 Å². The number of ether oxygens (including phenoxy) is 1. The van der Waals surface area contributed by atoms with Crippen molar-refractivity contribution in [1.29, 1.82) is 0 Å². The van der Waals surface area contributed by atoms with Crippen LogP contribution in [0.5, 0.6) is 0 Å². The zero-order chi connectivity index (χ0) is 13.7. The SMILES string of the molecule is Cc1cc(C(=O)NCCSC2CCOCC2)n(C)n1. The second-order valence-corrected chi connectivity index (χ2v) is 6.14. The smallest absolute Gasteiger partial charge is 0.269 e. The summed E-state index contributed by atoms with van der Waals surface area (Å²) in [7, 11) is 1.79. The number of aryl methyl sites for hydroxylation is 2. The summed E-state index contributed by atoms with van der Waals surface area (Å²) in [6, 6.07) is 1.81. The van der Waals surface area contributed by atoms with Crippen LogP contribution in [0.25, 0.3) is 0 Å². The minimum absolute atomic E-state index is 0.0457. The average molecular weight is 283 g/mol. The monoisotopic (exact) mass is 283 g/mol. The first-order valence-electron chi connectivity index (χ1n) is 6.65. The zero-order valence-corrected chi connectivity index (χ0v) is 12.3. The Labute approximate surface area is 118 Å². The Bertz CT molecular complexity index is 428. The molecule has 0 radical (unpaired) electrons. The highest BCUT2D eigenvalue weighted by atomic mass is 32.2. The molecule has 0 atom stereocenters. The van der Waals surface area contributed by atoms with Crippen molar-refractivity contribution in [2.45, 2.75) is 25.0 Å². The molecule has 1 aliphatic heterocycles. The summed E-state index contributed by atoms with van der Waals surface area (Å²) < 4.78 is 6.95. The first kappa shape index (κ1) is 14.4. The van der Waals surface area contributed by atoms with Gasteiger partial charge in [0.1, 0.15) is 5.69 Å². The minimum Gasteiger partial charge on any atom is -0.381 e. The number of thioether (sulfide) groups is 1. The standard InChI is InChI=1S/C13H21N3O2S/c1-10-9-12(16(2)15-10)13(17)14-5-8-19-11-3-6-18-7-4-11/h9,11H,3-8H2,1-2H3,(H,14,17). The van der Waals surface area contributed by atoms with E-state index in [0.717, 1.165) is 37.5 Å². The molecule has 6 heteroatoms. The second kappa shape index (κ2) is 6.96. The molecule has 1 saturated heterocycles. The topological polar surface area (TPSA) is 56.1 Å². The molecule has 1 aliphatic rings. The van der Waals surface area contributed by atoms with E-state index in [9.17, 15) is 4.79 Å². The van der Waals surface area contributed by atoms with Gasteiger partial charge >= 0.3 is 0 Å². The fourth-order valence-corrected chi connectivity index (χ4v) is 3.23. The van der Waals surface area contributed by atoms with Crippen LogP contribution in [0, 0.1) is 6.92 Å². The van der Waals surface area contributed by atoms with Gasteiger partial charge in [-0.2, -0.15) is 16.9 Å². The molecule has 1 aromatic heterocycles. The van der Waals surface area contributed by atoms with Gasteiger partial charge in [-0.05, 0) is 25.8 Å². The van der Waals surface area contributed by atoms with Crippen molar-refractivity contribution < 1.29 is 9.53 Å². The van der Waals surface area contributed by atoms with Gasteiger partial charge in [0.2, 0.25) is 0 Å². The van der Waals surface area contributed by atoms with E-state index in [1.807, 2.05) is 18.7 Å². The van der Waals surface area contributed by atoms with Crippen LogP contribution in [0.3, 0.4) is 0 Å². The quantitative estimate of drug-likeness (QED) is 0.829. The molecule has 2 heterocycles. The maximum atomic E-state index is 11.9. The number of rotatable bonds is 5. The molecule has 2 rings (SSSR count). The zero-order valence-electron chi connectivity index (χ0n) is 11.5. The highest BCUT2D eigenvalue weighted by Gasteiger charge is 2.14. The number of aromatic nitrogens is 2. The molecular weight excluding hydrogens is 262 g/mol. The highest BCUT2D eigenvalue weighted by molar-refractivity contribution is 7.99. The van der Waals surface area contributed by atoms with E-state index < -0.39 is 0 Å². The predicted octanol–water partition coefficient (Wildman–Crippen LogP) is 1.37. The van der Waals surface area contributed by atoms with Crippen molar-refractivity contribution in [3.8, 4) is 0 Å². The minimum atomic E-state index is -0.0457. The third-order valence-electron chi connectivity index (χ3n) is 3.14. The molecule has 5 nitrogen and oxygen atoms in total. The Hall–Kier alpha value is -1.01. The van der Waals surface area contributed by atoms with Crippen molar-refractivity contribution in [3.05, 3.63) is 17.5 Å².